The first-order valence-corrected chi connectivity index (χ1v) is 8.11. The second-order valence-electron chi connectivity index (χ2n) is 5.79. The highest BCUT2D eigenvalue weighted by molar-refractivity contribution is 7.80. The molecule has 2 rings (SSSR count). The Morgan fingerprint density at radius 1 is 1.22 bits per heavy atom. The first-order valence-electron chi connectivity index (χ1n) is 7.70. The summed E-state index contributed by atoms with van der Waals surface area (Å²) < 4.78 is 2.05. The number of thiocarbonyl (C=S) groups is 1. The van der Waals surface area contributed by atoms with Crippen LogP contribution in [-0.2, 0) is 13.1 Å². The van der Waals surface area contributed by atoms with Crippen LogP contribution in [0.4, 0.5) is 0 Å². The molecule has 0 saturated heterocycles. The Morgan fingerprint density at radius 2 is 1.91 bits per heavy atom. The molecule has 0 unspecified atom stereocenters. The molecule has 1 heterocycles. The van der Waals surface area contributed by atoms with Crippen molar-refractivity contribution in [3.05, 3.63) is 65.0 Å². The minimum Gasteiger partial charge on any atom is -0.359 e. The van der Waals surface area contributed by atoms with Crippen molar-refractivity contribution < 1.29 is 0 Å². The van der Waals surface area contributed by atoms with Crippen LogP contribution in [0, 0.1) is 13.8 Å². The molecule has 5 heteroatoms. The minimum atomic E-state index is 0.641. The van der Waals surface area contributed by atoms with Gasteiger partial charge in [0.1, 0.15) is 0 Å². The summed E-state index contributed by atoms with van der Waals surface area (Å²) in [6.07, 6.45) is 0. The topological polar surface area (TPSA) is 41.9 Å². The SMILES string of the molecule is C=C(C)CNC(=S)NCc1c(C)nn(Cc2ccccc2)c1C. The standard InChI is InChI=1S/C18H24N4S/c1-13(2)10-19-18(23)20-11-17-14(3)21-22(15(17)4)12-16-8-6-5-7-9-16/h5-9H,1,10-12H2,2-4H3,(H2,19,20,23). The van der Waals surface area contributed by atoms with Crippen LogP contribution < -0.4 is 10.6 Å². The van der Waals surface area contributed by atoms with Crippen LogP contribution in [0.25, 0.3) is 0 Å². The van der Waals surface area contributed by atoms with E-state index in [1.165, 1.54) is 16.8 Å². The van der Waals surface area contributed by atoms with E-state index in [1.807, 2.05) is 24.6 Å². The lowest BCUT2D eigenvalue weighted by Gasteiger charge is -2.11. The molecule has 2 N–H and O–H groups in total. The predicted octanol–water partition coefficient (Wildman–Crippen LogP) is 3.09. The normalized spacial score (nSPS) is 10.4. The summed E-state index contributed by atoms with van der Waals surface area (Å²) in [5.74, 6) is 0. The second kappa shape index (κ2) is 7.92. The number of hydrogen-bond acceptors (Lipinski definition) is 2. The lowest BCUT2D eigenvalue weighted by Crippen LogP contribution is -2.35. The summed E-state index contributed by atoms with van der Waals surface area (Å²) in [6.45, 7) is 12.1. The molecule has 0 bridgehead atoms. The molecule has 0 radical (unpaired) electrons. The van der Waals surface area contributed by atoms with E-state index in [2.05, 4.69) is 53.5 Å². The van der Waals surface area contributed by atoms with Gasteiger partial charge < -0.3 is 10.6 Å². The molecule has 1 aromatic heterocycles. The Bertz CT molecular complexity index is 689. The molecule has 4 nitrogen and oxygen atoms in total. The maximum Gasteiger partial charge on any atom is 0.166 e. The van der Waals surface area contributed by atoms with E-state index in [9.17, 15) is 0 Å². The van der Waals surface area contributed by atoms with Crippen LogP contribution in [0.15, 0.2) is 42.5 Å². The fraction of sp³-hybridized carbons (Fsp3) is 0.333. The number of aromatic nitrogens is 2. The van der Waals surface area contributed by atoms with Crippen LogP contribution in [0.1, 0.15) is 29.4 Å². The maximum atomic E-state index is 5.28. The summed E-state index contributed by atoms with van der Waals surface area (Å²) in [5.41, 5.74) is 5.70. The Morgan fingerprint density at radius 3 is 2.57 bits per heavy atom. The molecule has 0 aliphatic heterocycles. The Kier molecular flexibility index (Phi) is 5.93. The zero-order valence-electron chi connectivity index (χ0n) is 14.0. The molecule has 0 fully saturated rings. The van der Waals surface area contributed by atoms with E-state index in [-0.39, 0.29) is 0 Å². The monoisotopic (exact) mass is 328 g/mol. The molecule has 2 aromatic rings. The van der Waals surface area contributed by atoms with Gasteiger partial charge in [0.2, 0.25) is 0 Å². The number of benzene rings is 1. The second-order valence-corrected chi connectivity index (χ2v) is 6.19. The first-order chi connectivity index (χ1) is 11.0. The number of hydrogen-bond donors (Lipinski definition) is 2. The quantitative estimate of drug-likeness (QED) is 0.632. The number of nitrogens with one attached hydrogen (secondary N) is 2. The van der Waals surface area contributed by atoms with Crippen molar-refractivity contribution in [2.45, 2.75) is 33.9 Å². The number of aryl methyl sites for hydroxylation is 1. The Hall–Kier alpha value is -2.14. The molecule has 0 aliphatic rings. The zero-order chi connectivity index (χ0) is 16.8. The molecule has 1 aromatic carbocycles. The molecule has 23 heavy (non-hydrogen) atoms. The molecule has 0 spiro atoms. The van der Waals surface area contributed by atoms with Crippen molar-refractivity contribution in [2.24, 2.45) is 0 Å². The van der Waals surface area contributed by atoms with Gasteiger partial charge in [-0.3, -0.25) is 4.68 Å². The van der Waals surface area contributed by atoms with Crippen molar-refractivity contribution in [1.29, 1.82) is 0 Å². The fourth-order valence-corrected chi connectivity index (χ4v) is 2.51. The van der Waals surface area contributed by atoms with Gasteiger partial charge in [-0.05, 0) is 38.6 Å². The van der Waals surface area contributed by atoms with Gasteiger partial charge >= 0.3 is 0 Å². The smallest absolute Gasteiger partial charge is 0.166 e. The van der Waals surface area contributed by atoms with E-state index in [0.717, 1.165) is 17.8 Å². The van der Waals surface area contributed by atoms with Gasteiger partial charge in [0.15, 0.2) is 5.11 Å². The largest absolute Gasteiger partial charge is 0.359 e. The predicted molar refractivity (Wildman–Crippen MR) is 99.5 cm³/mol. The third-order valence-corrected chi connectivity index (χ3v) is 3.97. The summed E-state index contributed by atoms with van der Waals surface area (Å²) in [5, 5.41) is 11.7. The summed E-state index contributed by atoms with van der Waals surface area (Å²) in [6, 6.07) is 10.4. The third-order valence-electron chi connectivity index (χ3n) is 3.68. The van der Waals surface area contributed by atoms with Crippen LogP contribution >= 0.6 is 12.2 Å². The van der Waals surface area contributed by atoms with Crippen molar-refractivity contribution in [3.8, 4) is 0 Å². The van der Waals surface area contributed by atoms with Gasteiger partial charge in [0.05, 0.1) is 12.2 Å². The average molecular weight is 328 g/mol. The molecule has 0 atom stereocenters. The van der Waals surface area contributed by atoms with Gasteiger partial charge in [-0.25, -0.2) is 0 Å². The van der Waals surface area contributed by atoms with Crippen molar-refractivity contribution in [1.82, 2.24) is 20.4 Å². The highest BCUT2D eigenvalue weighted by atomic mass is 32.1. The summed E-state index contributed by atoms with van der Waals surface area (Å²) in [4.78, 5) is 0. The molecular weight excluding hydrogens is 304 g/mol. The van der Waals surface area contributed by atoms with E-state index < -0.39 is 0 Å². The van der Waals surface area contributed by atoms with E-state index >= 15 is 0 Å². The fourth-order valence-electron chi connectivity index (χ4n) is 2.36. The maximum absolute atomic E-state index is 5.28. The van der Waals surface area contributed by atoms with Crippen LogP contribution in [0.2, 0.25) is 0 Å². The number of rotatable bonds is 6. The van der Waals surface area contributed by atoms with Crippen molar-refractivity contribution in [2.75, 3.05) is 6.54 Å². The highest BCUT2D eigenvalue weighted by Gasteiger charge is 2.12. The molecule has 122 valence electrons. The van der Waals surface area contributed by atoms with Gasteiger partial charge in [-0.1, -0.05) is 42.5 Å². The van der Waals surface area contributed by atoms with E-state index in [0.29, 0.717) is 18.2 Å². The van der Waals surface area contributed by atoms with Crippen molar-refractivity contribution >= 4 is 17.3 Å². The molecular formula is C18H24N4S. The summed E-state index contributed by atoms with van der Waals surface area (Å²) >= 11 is 5.28. The molecule has 0 saturated carbocycles. The lowest BCUT2D eigenvalue weighted by molar-refractivity contribution is 0.657. The minimum absolute atomic E-state index is 0.641. The van der Waals surface area contributed by atoms with Crippen LogP contribution in [-0.4, -0.2) is 21.4 Å². The van der Waals surface area contributed by atoms with Crippen LogP contribution in [0.3, 0.4) is 0 Å². The lowest BCUT2D eigenvalue weighted by atomic mass is 10.2. The van der Waals surface area contributed by atoms with Gasteiger partial charge in [0, 0.05) is 24.3 Å². The summed E-state index contributed by atoms with van der Waals surface area (Å²) in [7, 11) is 0. The van der Waals surface area contributed by atoms with E-state index in [1.54, 1.807) is 0 Å². The number of nitrogens with zero attached hydrogens (tertiary/aromatic N) is 2. The van der Waals surface area contributed by atoms with Gasteiger partial charge in [0.25, 0.3) is 0 Å². The zero-order valence-corrected chi connectivity index (χ0v) is 14.8. The van der Waals surface area contributed by atoms with Crippen LogP contribution in [0.5, 0.6) is 0 Å². The van der Waals surface area contributed by atoms with Gasteiger partial charge in [-0.2, -0.15) is 5.10 Å². The Labute approximate surface area is 143 Å². The van der Waals surface area contributed by atoms with E-state index in [4.69, 9.17) is 12.2 Å². The molecule has 0 amide bonds. The third kappa shape index (κ3) is 4.93. The van der Waals surface area contributed by atoms with Gasteiger partial charge in [-0.15, -0.1) is 0 Å². The molecule has 0 aliphatic carbocycles. The van der Waals surface area contributed by atoms with Crippen molar-refractivity contribution in [3.63, 3.8) is 0 Å². The highest BCUT2D eigenvalue weighted by Crippen LogP contribution is 2.14. The average Bonchev–Trinajstić information content (AvgIpc) is 2.78. The Balaban J connectivity index is 2.00. The first kappa shape index (κ1) is 17.2.